The quantitative estimate of drug-likeness (QED) is 0.534. The number of carbonyl (C=O) groups is 1. The van der Waals surface area contributed by atoms with Crippen LogP contribution in [-0.2, 0) is 11.3 Å². The molecule has 0 radical (unpaired) electrons. The predicted octanol–water partition coefficient (Wildman–Crippen LogP) is 1.21. The molecule has 0 atom stereocenters. The summed E-state index contributed by atoms with van der Waals surface area (Å²) in [5.41, 5.74) is 2.05. The second-order valence-electron chi connectivity index (χ2n) is 3.35. The van der Waals surface area contributed by atoms with Gasteiger partial charge in [0.05, 0.1) is 41.3 Å². The number of halogens is 1. The van der Waals surface area contributed by atoms with Gasteiger partial charge in [-0.05, 0) is 18.7 Å². The molecule has 0 saturated carbocycles. The third-order valence-corrected chi connectivity index (χ3v) is 3.22. The number of pyridine rings is 1. The molecule has 0 bridgehead atoms. The normalized spacial score (nSPS) is 17.9. The van der Waals surface area contributed by atoms with Crippen molar-refractivity contribution in [3.05, 3.63) is 24.0 Å². The lowest BCUT2D eigenvalue weighted by atomic mass is 10.2. The third kappa shape index (κ3) is 1.74. The van der Waals surface area contributed by atoms with Crippen molar-refractivity contribution in [2.45, 2.75) is 6.54 Å². The van der Waals surface area contributed by atoms with Crippen LogP contribution >= 0.6 is 22.9 Å². The fraction of sp³-hybridized carbons (Fsp3) is 0.333. The molecule has 5 heteroatoms. The summed E-state index contributed by atoms with van der Waals surface area (Å²) in [6, 6.07) is 1.95. The van der Waals surface area contributed by atoms with Crippen LogP contribution in [0.5, 0.6) is 0 Å². The number of hydrogen-bond acceptors (Lipinski definition) is 3. The van der Waals surface area contributed by atoms with Gasteiger partial charge < -0.3 is 0 Å². The van der Waals surface area contributed by atoms with Crippen LogP contribution in [0.3, 0.4) is 0 Å². The van der Waals surface area contributed by atoms with Gasteiger partial charge in [0.15, 0.2) is 0 Å². The summed E-state index contributed by atoms with van der Waals surface area (Å²) in [6.07, 6.45) is 3.49. The molecule has 74 valence electrons. The number of anilines is 1. The molecule has 0 N–H and O–H groups in total. The van der Waals surface area contributed by atoms with Crippen LogP contribution in [0.2, 0.25) is 0 Å². The molecule has 4 nitrogen and oxygen atoms in total. The van der Waals surface area contributed by atoms with E-state index in [4.69, 9.17) is 0 Å². The van der Waals surface area contributed by atoms with Crippen molar-refractivity contribution < 1.29 is 4.79 Å². The molecular formula is C9H10IN3O. The molecule has 1 aromatic rings. The Bertz CT molecular complexity index is 369. The molecular weight excluding hydrogens is 293 g/mol. The minimum atomic E-state index is 0.0971. The zero-order chi connectivity index (χ0) is 10.1. The molecule has 1 aliphatic rings. The SMILES string of the molecule is CN1CC(=O)N(I)c2cnccc2C1. The van der Waals surface area contributed by atoms with Gasteiger partial charge in [-0.1, -0.05) is 0 Å². The van der Waals surface area contributed by atoms with E-state index >= 15 is 0 Å². The maximum Gasteiger partial charge on any atom is 0.250 e. The average molecular weight is 303 g/mol. The lowest BCUT2D eigenvalue weighted by Crippen LogP contribution is -2.29. The predicted molar refractivity (Wildman–Crippen MR) is 62.1 cm³/mol. The van der Waals surface area contributed by atoms with Gasteiger partial charge in [-0.2, -0.15) is 0 Å². The lowest BCUT2D eigenvalue weighted by molar-refractivity contribution is -0.117. The van der Waals surface area contributed by atoms with E-state index in [9.17, 15) is 4.79 Å². The summed E-state index contributed by atoms with van der Waals surface area (Å²) >= 11 is 2.03. The molecule has 0 unspecified atom stereocenters. The first-order valence-corrected chi connectivity index (χ1v) is 5.25. The van der Waals surface area contributed by atoms with Gasteiger partial charge in [-0.15, -0.1) is 0 Å². The maximum atomic E-state index is 11.6. The first-order valence-electron chi connectivity index (χ1n) is 4.28. The van der Waals surface area contributed by atoms with Crippen LogP contribution in [0.25, 0.3) is 0 Å². The highest BCUT2D eigenvalue weighted by Gasteiger charge is 2.22. The summed E-state index contributed by atoms with van der Waals surface area (Å²) in [7, 11) is 1.94. The molecule has 0 saturated heterocycles. The Kier molecular flexibility index (Phi) is 2.69. The van der Waals surface area contributed by atoms with Crippen molar-refractivity contribution >= 4 is 34.5 Å². The van der Waals surface area contributed by atoms with Crippen LogP contribution in [0.1, 0.15) is 5.56 Å². The summed E-state index contributed by atoms with van der Waals surface area (Å²) in [5.74, 6) is 0.0971. The Balaban J connectivity index is 2.46. The Morgan fingerprint density at radius 3 is 3.07 bits per heavy atom. The molecule has 1 aromatic heterocycles. The molecule has 0 aliphatic carbocycles. The van der Waals surface area contributed by atoms with Crippen molar-refractivity contribution in [3.63, 3.8) is 0 Å². The Labute approximate surface area is 96.4 Å². The topological polar surface area (TPSA) is 36.4 Å². The van der Waals surface area contributed by atoms with E-state index in [-0.39, 0.29) is 5.91 Å². The van der Waals surface area contributed by atoms with Crippen LogP contribution in [-0.4, -0.2) is 29.4 Å². The number of hydrogen-bond donors (Lipinski definition) is 0. The van der Waals surface area contributed by atoms with Gasteiger partial charge in [-0.25, -0.2) is 3.11 Å². The van der Waals surface area contributed by atoms with E-state index < -0.39 is 0 Å². The van der Waals surface area contributed by atoms with Crippen molar-refractivity contribution in [3.8, 4) is 0 Å². The fourth-order valence-corrected chi connectivity index (χ4v) is 2.09. The minimum absolute atomic E-state index is 0.0971. The maximum absolute atomic E-state index is 11.6. The Hall–Kier alpha value is -0.690. The number of carbonyl (C=O) groups excluding carboxylic acids is 1. The molecule has 0 spiro atoms. The van der Waals surface area contributed by atoms with Gasteiger partial charge in [0.2, 0.25) is 5.91 Å². The largest absolute Gasteiger partial charge is 0.293 e. The van der Waals surface area contributed by atoms with E-state index in [0.717, 1.165) is 17.8 Å². The monoisotopic (exact) mass is 303 g/mol. The molecule has 1 aliphatic heterocycles. The van der Waals surface area contributed by atoms with Crippen molar-refractivity contribution in [1.82, 2.24) is 9.88 Å². The standard InChI is InChI=1S/C9H10IN3O/c1-12-5-7-2-3-11-4-8(7)13(10)9(14)6-12/h2-4H,5-6H2,1H3. The van der Waals surface area contributed by atoms with Crippen LogP contribution in [0.4, 0.5) is 5.69 Å². The van der Waals surface area contributed by atoms with E-state index in [1.807, 2.05) is 40.9 Å². The number of amides is 1. The summed E-state index contributed by atoms with van der Waals surface area (Å²) < 4.78 is 1.64. The van der Waals surface area contributed by atoms with Crippen molar-refractivity contribution in [2.75, 3.05) is 16.7 Å². The molecule has 2 heterocycles. The number of likely N-dealkylation sites (N-methyl/N-ethyl adjacent to an activating group) is 1. The number of fused-ring (bicyclic) bond motifs is 1. The third-order valence-electron chi connectivity index (χ3n) is 2.16. The molecule has 14 heavy (non-hydrogen) atoms. The molecule has 0 fully saturated rings. The second kappa shape index (κ2) is 3.82. The summed E-state index contributed by atoms with van der Waals surface area (Å²) in [6.45, 7) is 1.25. The van der Waals surface area contributed by atoms with Gasteiger partial charge in [0, 0.05) is 12.7 Å². The first-order chi connectivity index (χ1) is 6.68. The zero-order valence-corrected chi connectivity index (χ0v) is 9.93. The smallest absolute Gasteiger partial charge is 0.250 e. The van der Waals surface area contributed by atoms with Crippen molar-refractivity contribution in [1.29, 1.82) is 0 Å². The van der Waals surface area contributed by atoms with E-state index in [1.165, 1.54) is 0 Å². The number of aromatic nitrogens is 1. The highest BCUT2D eigenvalue weighted by molar-refractivity contribution is 14.1. The van der Waals surface area contributed by atoms with Gasteiger partial charge in [0.25, 0.3) is 0 Å². The Morgan fingerprint density at radius 1 is 1.50 bits per heavy atom. The molecule has 1 amide bonds. The molecule has 0 aromatic carbocycles. The molecule has 2 rings (SSSR count). The van der Waals surface area contributed by atoms with Crippen LogP contribution in [0.15, 0.2) is 18.5 Å². The Morgan fingerprint density at radius 2 is 2.29 bits per heavy atom. The van der Waals surface area contributed by atoms with E-state index in [0.29, 0.717) is 6.54 Å². The van der Waals surface area contributed by atoms with Crippen molar-refractivity contribution in [2.24, 2.45) is 0 Å². The highest BCUT2D eigenvalue weighted by Crippen LogP contribution is 2.26. The van der Waals surface area contributed by atoms with Gasteiger partial charge in [0.1, 0.15) is 0 Å². The van der Waals surface area contributed by atoms with E-state index in [2.05, 4.69) is 4.98 Å². The highest BCUT2D eigenvalue weighted by atomic mass is 127. The summed E-state index contributed by atoms with van der Waals surface area (Å²) in [5, 5.41) is 0. The number of nitrogens with zero attached hydrogens (tertiary/aromatic N) is 3. The number of rotatable bonds is 0. The first kappa shape index (κ1) is 9.85. The van der Waals surface area contributed by atoms with Gasteiger partial charge >= 0.3 is 0 Å². The van der Waals surface area contributed by atoms with E-state index in [1.54, 1.807) is 15.5 Å². The average Bonchev–Trinajstić information content (AvgIpc) is 2.26. The second-order valence-corrected chi connectivity index (χ2v) is 4.32. The van der Waals surface area contributed by atoms with Crippen LogP contribution in [0, 0.1) is 0 Å². The lowest BCUT2D eigenvalue weighted by Gasteiger charge is -2.12. The van der Waals surface area contributed by atoms with Gasteiger partial charge in [-0.3, -0.25) is 14.7 Å². The fourth-order valence-electron chi connectivity index (χ4n) is 1.50. The zero-order valence-electron chi connectivity index (χ0n) is 7.77. The van der Waals surface area contributed by atoms with Crippen LogP contribution < -0.4 is 3.11 Å². The minimum Gasteiger partial charge on any atom is -0.293 e. The summed E-state index contributed by atoms with van der Waals surface area (Å²) in [4.78, 5) is 17.7.